The summed E-state index contributed by atoms with van der Waals surface area (Å²) in [5, 5.41) is 14.1. The van der Waals surface area contributed by atoms with E-state index in [-0.39, 0.29) is 29.1 Å². The minimum Gasteiger partial charge on any atom is -0.476 e. The second kappa shape index (κ2) is 13.1. The number of nitrogen functional groups attached to an aromatic ring is 1. The van der Waals surface area contributed by atoms with E-state index >= 15 is 4.39 Å². The highest BCUT2D eigenvalue weighted by atomic mass is 32.5. The maximum atomic E-state index is 15.7. The van der Waals surface area contributed by atoms with Crippen LogP contribution >= 0.6 is 6.64 Å². The van der Waals surface area contributed by atoms with Crippen LogP contribution in [0, 0.1) is 0 Å². The Bertz CT molecular complexity index is 1430. The van der Waals surface area contributed by atoms with E-state index in [1.54, 1.807) is 51.1 Å². The average molecular weight is 627 g/mol. The molecule has 0 saturated carbocycles. The van der Waals surface area contributed by atoms with E-state index in [0.717, 1.165) is 0 Å². The zero-order valence-electron chi connectivity index (χ0n) is 24.0. The monoisotopic (exact) mass is 626 g/mol. The van der Waals surface area contributed by atoms with Gasteiger partial charge >= 0.3 is 12.6 Å². The van der Waals surface area contributed by atoms with Gasteiger partial charge in [0.25, 0.3) is 0 Å². The zero-order valence-corrected chi connectivity index (χ0v) is 25.7. The Hall–Kier alpha value is -2.94. The van der Waals surface area contributed by atoms with E-state index < -0.39 is 49.4 Å². The molecule has 0 radical (unpaired) electrons. The number of aliphatic hydroxyl groups is 1. The predicted octanol–water partition coefficient (Wildman–Crippen LogP) is 3.43. The van der Waals surface area contributed by atoms with Gasteiger partial charge in [0.15, 0.2) is 23.6 Å². The highest BCUT2D eigenvalue weighted by Gasteiger charge is 2.55. The van der Waals surface area contributed by atoms with Crippen molar-refractivity contribution in [2.45, 2.75) is 77.3 Å². The third-order valence-corrected chi connectivity index (χ3v) is 9.10. The van der Waals surface area contributed by atoms with E-state index in [4.69, 9.17) is 40.8 Å². The lowest BCUT2D eigenvalue weighted by atomic mass is 9.98. The number of para-hydroxylation sites is 1. The predicted molar refractivity (Wildman–Crippen MR) is 156 cm³/mol. The lowest BCUT2D eigenvalue weighted by molar-refractivity contribution is -0.150. The van der Waals surface area contributed by atoms with Gasteiger partial charge in [-0.15, -0.1) is 0 Å². The largest absolute Gasteiger partial charge is 0.476 e. The van der Waals surface area contributed by atoms with Crippen LogP contribution in [0.2, 0.25) is 0 Å². The maximum absolute atomic E-state index is 15.7. The van der Waals surface area contributed by atoms with Crippen molar-refractivity contribution < 1.29 is 37.5 Å². The van der Waals surface area contributed by atoms with E-state index in [0.29, 0.717) is 18.8 Å². The van der Waals surface area contributed by atoms with Crippen LogP contribution in [0.15, 0.2) is 36.7 Å². The summed E-state index contributed by atoms with van der Waals surface area (Å²) in [7, 11) is 0. The topological polar surface area (TPSA) is 165 Å². The van der Waals surface area contributed by atoms with Gasteiger partial charge in [0.1, 0.15) is 23.5 Å². The van der Waals surface area contributed by atoms with Gasteiger partial charge in [0, 0.05) is 0 Å². The number of carbonyl (C=O) groups is 1. The van der Waals surface area contributed by atoms with Gasteiger partial charge in [-0.3, -0.25) is 9.36 Å². The Balaban J connectivity index is 1.55. The molecule has 3 heterocycles. The molecule has 42 heavy (non-hydrogen) atoms. The highest BCUT2D eigenvalue weighted by Crippen LogP contribution is 2.48. The minimum atomic E-state index is -3.48. The number of alkyl halides is 1. The quantitative estimate of drug-likeness (QED) is 0.187. The molecular weight excluding hydrogens is 590 g/mol. The molecule has 0 bridgehead atoms. The normalized spacial score (nSPS) is 25.1. The molecule has 7 atom stereocenters. The molecule has 13 nitrogen and oxygen atoms in total. The van der Waals surface area contributed by atoms with E-state index in [1.165, 1.54) is 17.8 Å². The Morgan fingerprint density at radius 2 is 2.02 bits per heavy atom. The number of aromatic nitrogens is 4. The first-order chi connectivity index (χ1) is 19.9. The molecular formula is C26H36FN6O7PS. The maximum Gasteiger partial charge on any atom is 0.323 e. The third kappa shape index (κ3) is 6.99. The molecule has 0 spiro atoms. The smallest absolute Gasteiger partial charge is 0.323 e. The number of anilines is 1. The van der Waals surface area contributed by atoms with Gasteiger partial charge in [0.2, 0.25) is 11.8 Å². The Labute approximate surface area is 248 Å². The van der Waals surface area contributed by atoms with Crippen molar-refractivity contribution in [1.29, 1.82) is 0 Å². The molecule has 4 N–H and O–H groups in total. The van der Waals surface area contributed by atoms with Crippen LogP contribution < -0.4 is 20.1 Å². The van der Waals surface area contributed by atoms with E-state index in [9.17, 15) is 9.90 Å². The van der Waals surface area contributed by atoms with E-state index in [1.807, 2.05) is 6.92 Å². The Morgan fingerprint density at radius 3 is 2.69 bits per heavy atom. The number of carbonyl (C=O) groups excluding carboxylic acids is 1. The summed E-state index contributed by atoms with van der Waals surface area (Å²) in [5.41, 5.74) is 4.29. The molecule has 7 unspecified atom stereocenters. The van der Waals surface area contributed by atoms with Crippen molar-refractivity contribution in [3.05, 3.63) is 36.7 Å². The fourth-order valence-corrected chi connectivity index (χ4v) is 6.64. The number of imidazole rings is 1. The summed E-state index contributed by atoms with van der Waals surface area (Å²) in [5.74, 6) is -0.0919. The summed E-state index contributed by atoms with van der Waals surface area (Å²) < 4.78 is 46.0. The van der Waals surface area contributed by atoms with Gasteiger partial charge in [-0.05, 0) is 58.1 Å². The van der Waals surface area contributed by atoms with Crippen LogP contribution in [0.5, 0.6) is 11.6 Å². The number of nitrogens with two attached hydrogens (primary N) is 1. The van der Waals surface area contributed by atoms with Crippen LogP contribution in [0.3, 0.4) is 0 Å². The van der Waals surface area contributed by atoms with Crippen LogP contribution in [0.1, 0.15) is 47.3 Å². The number of ether oxygens (including phenoxy) is 3. The molecule has 1 fully saturated rings. The molecule has 1 aliphatic rings. The molecule has 0 amide bonds. The van der Waals surface area contributed by atoms with Crippen molar-refractivity contribution in [3.63, 3.8) is 0 Å². The summed E-state index contributed by atoms with van der Waals surface area (Å²) >= 11 is 5.72. The number of rotatable bonds is 13. The number of nitrogens with zero attached hydrogens (tertiary/aromatic N) is 4. The average Bonchev–Trinajstić information content (AvgIpc) is 3.45. The van der Waals surface area contributed by atoms with E-state index in [2.05, 4.69) is 20.0 Å². The number of hydrogen-bond donors (Lipinski definition) is 3. The Kier molecular flexibility index (Phi) is 10.0. The second-order valence-corrected chi connectivity index (χ2v) is 13.1. The van der Waals surface area contributed by atoms with Crippen LogP contribution in [0.4, 0.5) is 10.3 Å². The third-order valence-electron chi connectivity index (χ3n) is 6.60. The number of hydrogen-bond acceptors (Lipinski definition) is 12. The molecule has 230 valence electrons. The lowest BCUT2D eigenvalue weighted by Gasteiger charge is -2.28. The first-order valence-electron chi connectivity index (χ1n) is 13.5. The molecule has 1 aliphatic heterocycles. The number of esters is 1. The summed E-state index contributed by atoms with van der Waals surface area (Å²) in [4.78, 5) is 25.2. The zero-order chi connectivity index (χ0) is 30.7. The van der Waals surface area contributed by atoms with Gasteiger partial charge in [-0.2, -0.15) is 9.97 Å². The summed E-state index contributed by atoms with van der Waals surface area (Å²) in [6.07, 6.45) is -2.78. The molecule has 2 aromatic heterocycles. The van der Waals surface area contributed by atoms with Crippen molar-refractivity contribution in [3.8, 4) is 11.6 Å². The summed E-state index contributed by atoms with van der Waals surface area (Å²) in [6, 6.07) is 7.75. The minimum absolute atomic E-state index is 0.0900. The lowest BCUT2D eigenvalue weighted by Crippen LogP contribution is -2.42. The molecule has 16 heteroatoms. The van der Waals surface area contributed by atoms with Crippen molar-refractivity contribution in [1.82, 2.24) is 24.6 Å². The van der Waals surface area contributed by atoms with Crippen molar-refractivity contribution >= 4 is 41.5 Å². The standard InChI is InChI=1S/C26H36FN6O7PS/c1-6-15(3)38-23(34)16(4)32-41(42,40-17-11-9-8-10-12-17)37-13-18-20(27)26(5,35)24(39-18)33-14-29-19-21(33)30-25(28)31-22(19)36-7-2/h8-12,14-16,18,20,24,35H,6-7,13H2,1-5H3,(H,32,42)(H2,28,30,31). The van der Waals surface area contributed by atoms with Crippen molar-refractivity contribution in [2.24, 2.45) is 0 Å². The highest BCUT2D eigenvalue weighted by molar-refractivity contribution is 8.09. The number of halogens is 1. The number of nitrogens with one attached hydrogen (secondary N) is 1. The molecule has 1 aromatic carbocycles. The Morgan fingerprint density at radius 1 is 1.31 bits per heavy atom. The first kappa shape index (κ1) is 32.0. The second-order valence-electron chi connectivity index (χ2n) is 10.0. The van der Waals surface area contributed by atoms with Gasteiger partial charge in [-0.1, -0.05) is 25.1 Å². The molecule has 3 aromatic rings. The number of fused-ring (bicyclic) bond motifs is 1. The van der Waals surface area contributed by atoms with Gasteiger partial charge < -0.3 is 34.1 Å². The number of benzene rings is 1. The van der Waals surface area contributed by atoms with Crippen molar-refractivity contribution in [2.75, 3.05) is 18.9 Å². The first-order valence-corrected chi connectivity index (χ1v) is 16.1. The van der Waals surface area contributed by atoms with Crippen LogP contribution in [-0.2, 0) is 30.6 Å². The SMILES string of the molecule is CCOc1nc(N)nc2c1ncn2C1OC(COP(=S)(NC(C)C(=O)OC(C)CC)Oc2ccccc2)C(F)C1(C)O. The summed E-state index contributed by atoms with van der Waals surface area (Å²) in [6.45, 7) is 4.73. The van der Waals surface area contributed by atoms with Crippen LogP contribution in [0.25, 0.3) is 11.2 Å². The molecule has 4 rings (SSSR count). The van der Waals surface area contributed by atoms with Crippen LogP contribution in [-0.4, -0.2) is 73.8 Å². The van der Waals surface area contributed by atoms with Gasteiger partial charge in [-0.25, -0.2) is 14.5 Å². The fraction of sp³-hybridized carbons (Fsp3) is 0.538. The molecule has 1 saturated heterocycles. The van der Waals surface area contributed by atoms with Gasteiger partial charge in [0.05, 0.1) is 25.6 Å². The molecule has 0 aliphatic carbocycles. The fourth-order valence-electron chi connectivity index (χ4n) is 4.23.